The Bertz CT molecular complexity index is 770. The maximum atomic E-state index is 12.9. The number of likely N-dealkylation sites (tertiary alicyclic amines) is 1. The highest BCUT2D eigenvalue weighted by molar-refractivity contribution is 7.15. The van der Waals surface area contributed by atoms with Gasteiger partial charge in [-0.2, -0.15) is 13.2 Å². The van der Waals surface area contributed by atoms with Gasteiger partial charge in [0.1, 0.15) is 5.69 Å². The van der Waals surface area contributed by atoms with Crippen LogP contribution < -0.4 is 5.73 Å². The summed E-state index contributed by atoms with van der Waals surface area (Å²) in [7, 11) is 0. The normalized spacial score (nSPS) is 17.7. The van der Waals surface area contributed by atoms with E-state index in [2.05, 4.69) is 4.98 Å². The zero-order valence-electron chi connectivity index (χ0n) is 12.9. The Morgan fingerprint density at radius 1 is 1.46 bits per heavy atom. The lowest BCUT2D eigenvalue weighted by Crippen LogP contribution is -2.54. The molecular weight excluding hydrogens is 339 g/mol. The van der Waals surface area contributed by atoms with Crippen LogP contribution in [0, 0.1) is 6.92 Å². The van der Waals surface area contributed by atoms with Crippen LogP contribution in [0.5, 0.6) is 0 Å². The summed E-state index contributed by atoms with van der Waals surface area (Å²) in [5, 5.41) is 0.635. The molecule has 4 nitrogen and oxygen atoms in total. The molecule has 0 spiro atoms. The maximum absolute atomic E-state index is 12.9. The lowest BCUT2D eigenvalue weighted by Gasteiger charge is -2.40. The van der Waals surface area contributed by atoms with E-state index in [4.69, 9.17) is 5.73 Å². The molecule has 0 radical (unpaired) electrons. The minimum absolute atomic E-state index is 0.0196. The SMILES string of the molecule is Cc1nc(C(=O)N2CCC2CN)c(-c2cccc(C(F)(F)F)c2)s1. The number of benzene rings is 1. The van der Waals surface area contributed by atoms with Gasteiger partial charge in [-0.15, -0.1) is 11.3 Å². The Morgan fingerprint density at radius 2 is 2.21 bits per heavy atom. The zero-order valence-corrected chi connectivity index (χ0v) is 13.7. The molecule has 1 aromatic heterocycles. The number of hydrogen-bond donors (Lipinski definition) is 1. The van der Waals surface area contributed by atoms with Crippen molar-refractivity contribution in [1.82, 2.24) is 9.88 Å². The Kier molecular flexibility index (Phi) is 4.35. The van der Waals surface area contributed by atoms with E-state index in [0.717, 1.165) is 18.6 Å². The molecule has 1 aromatic carbocycles. The molecule has 2 heterocycles. The Labute approximate surface area is 141 Å². The molecule has 1 amide bonds. The number of nitrogens with two attached hydrogens (primary N) is 1. The van der Waals surface area contributed by atoms with Crippen LogP contribution in [0.1, 0.15) is 27.5 Å². The number of thiazole rings is 1. The number of halogens is 3. The van der Waals surface area contributed by atoms with Crippen LogP contribution in [-0.2, 0) is 6.18 Å². The first-order valence-electron chi connectivity index (χ1n) is 7.47. The lowest BCUT2D eigenvalue weighted by atomic mass is 10.0. The van der Waals surface area contributed by atoms with Gasteiger partial charge in [-0.25, -0.2) is 4.98 Å². The van der Waals surface area contributed by atoms with Gasteiger partial charge < -0.3 is 10.6 Å². The molecule has 1 atom stereocenters. The quantitative estimate of drug-likeness (QED) is 0.919. The standard InChI is InChI=1S/C16H16F3N3OS/c1-9-21-13(15(23)22-6-5-12(22)8-20)14(24-9)10-3-2-4-11(7-10)16(17,18)19/h2-4,7,12H,5-6,8,20H2,1H3. The van der Waals surface area contributed by atoms with Crippen molar-refractivity contribution in [1.29, 1.82) is 0 Å². The number of rotatable bonds is 3. The van der Waals surface area contributed by atoms with Crippen molar-refractivity contribution < 1.29 is 18.0 Å². The second kappa shape index (κ2) is 6.18. The summed E-state index contributed by atoms with van der Waals surface area (Å²) in [6.45, 7) is 2.70. The van der Waals surface area contributed by atoms with E-state index in [1.165, 1.54) is 17.4 Å². The fraction of sp³-hybridized carbons (Fsp3) is 0.375. The topological polar surface area (TPSA) is 59.2 Å². The molecule has 1 fully saturated rings. The molecule has 1 unspecified atom stereocenters. The molecule has 0 aliphatic carbocycles. The maximum Gasteiger partial charge on any atom is 0.416 e. The third kappa shape index (κ3) is 3.03. The molecular formula is C16H16F3N3OS. The van der Waals surface area contributed by atoms with Crippen LogP contribution >= 0.6 is 11.3 Å². The first kappa shape index (κ1) is 16.9. The van der Waals surface area contributed by atoms with Crippen molar-refractivity contribution in [2.75, 3.05) is 13.1 Å². The average molecular weight is 355 g/mol. The summed E-state index contributed by atoms with van der Waals surface area (Å²) in [4.78, 5) is 19.0. The van der Waals surface area contributed by atoms with Crippen LogP contribution in [0.3, 0.4) is 0 Å². The second-order valence-electron chi connectivity index (χ2n) is 5.67. The molecule has 128 valence electrons. The van der Waals surface area contributed by atoms with Crippen LogP contribution in [-0.4, -0.2) is 34.9 Å². The predicted molar refractivity (Wildman–Crippen MR) is 85.8 cm³/mol. The summed E-state index contributed by atoms with van der Waals surface area (Å²) in [6, 6.07) is 4.95. The van der Waals surface area contributed by atoms with Gasteiger partial charge in [0.15, 0.2) is 0 Å². The smallest absolute Gasteiger partial charge is 0.333 e. The number of alkyl halides is 3. The van der Waals surface area contributed by atoms with Gasteiger partial charge in [0.05, 0.1) is 15.4 Å². The molecule has 1 aliphatic rings. The highest BCUT2D eigenvalue weighted by atomic mass is 32.1. The van der Waals surface area contributed by atoms with E-state index < -0.39 is 11.7 Å². The van der Waals surface area contributed by atoms with E-state index in [1.54, 1.807) is 17.9 Å². The fourth-order valence-electron chi connectivity index (χ4n) is 2.69. The van der Waals surface area contributed by atoms with Crippen LogP contribution in [0.25, 0.3) is 10.4 Å². The Morgan fingerprint density at radius 3 is 2.79 bits per heavy atom. The molecule has 24 heavy (non-hydrogen) atoms. The van der Waals surface area contributed by atoms with Crippen LogP contribution in [0.15, 0.2) is 24.3 Å². The average Bonchev–Trinajstić information content (AvgIpc) is 2.88. The summed E-state index contributed by atoms with van der Waals surface area (Å²) in [5.41, 5.74) is 5.44. The van der Waals surface area contributed by atoms with Gasteiger partial charge in [0.25, 0.3) is 5.91 Å². The number of carbonyl (C=O) groups is 1. The van der Waals surface area contributed by atoms with Gasteiger partial charge in [0.2, 0.25) is 0 Å². The molecule has 2 aromatic rings. The predicted octanol–water partition coefficient (Wildman–Crippen LogP) is 3.31. The lowest BCUT2D eigenvalue weighted by molar-refractivity contribution is -0.137. The molecule has 0 saturated carbocycles. The molecule has 2 N–H and O–H groups in total. The van der Waals surface area contributed by atoms with E-state index in [-0.39, 0.29) is 17.6 Å². The van der Waals surface area contributed by atoms with Gasteiger partial charge in [-0.05, 0) is 31.0 Å². The summed E-state index contributed by atoms with van der Waals surface area (Å²) in [5.74, 6) is -0.270. The van der Waals surface area contributed by atoms with Crippen molar-refractivity contribution in [3.05, 3.63) is 40.5 Å². The second-order valence-corrected chi connectivity index (χ2v) is 6.87. The van der Waals surface area contributed by atoms with E-state index >= 15 is 0 Å². The summed E-state index contributed by atoms with van der Waals surface area (Å²) >= 11 is 1.22. The third-order valence-corrected chi connectivity index (χ3v) is 5.09. The van der Waals surface area contributed by atoms with Crippen molar-refractivity contribution in [2.24, 2.45) is 5.73 Å². The molecule has 1 saturated heterocycles. The van der Waals surface area contributed by atoms with Crippen LogP contribution in [0.2, 0.25) is 0 Å². The van der Waals surface area contributed by atoms with E-state index in [1.807, 2.05) is 0 Å². The van der Waals surface area contributed by atoms with E-state index in [9.17, 15) is 18.0 Å². The van der Waals surface area contributed by atoms with Gasteiger partial charge >= 0.3 is 6.18 Å². The van der Waals surface area contributed by atoms with Crippen molar-refractivity contribution in [2.45, 2.75) is 25.6 Å². The van der Waals surface area contributed by atoms with Gasteiger partial charge in [-0.3, -0.25) is 4.79 Å². The van der Waals surface area contributed by atoms with Crippen molar-refractivity contribution >= 4 is 17.2 Å². The third-order valence-electron chi connectivity index (χ3n) is 4.07. The Balaban J connectivity index is 2.00. The number of hydrogen-bond acceptors (Lipinski definition) is 4. The number of nitrogens with zero attached hydrogens (tertiary/aromatic N) is 2. The summed E-state index contributed by atoms with van der Waals surface area (Å²) in [6.07, 6.45) is -3.59. The molecule has 0 bridgehead atoms. The minimum Gasteiger partial charge on any atom is -0.333 e. The fourth-order valence-corrected chi connectivity index (χ4v) is 3.60. The first-order valence-corrected chi connectivity index (χ1v) is 8.29. The Hall–Kier alpha value is -1.93. The van der Waals surface area contributed by atoms with Crippen molar-refractivity contribution in [3.63, 3.8) is 0 Å². The first-order chi connectivity index (χ1) is 11.3. The van der Waals surface area contributed by atoms with Crippen molar-refractivity contribution in [3.8, 4) is 10.4 Å². The number of amides is 1. The largest absolute Gasteiger partial charge is 0.416 e. The summed E-state index contributed by atoms with van der Waals surface area (Å²) < 4.78 is 38.8. The number of aryl methyl sites for hydroxylation is 1. The molecule has 3 rings (SSSR count). The highest BCUT2D eigenvalue weighted by Gasteiger charge is 2.35. The number of aromatic nitrogens is 1. The van der Waals surface area contributed by atoms with Crippen LogP contribution in [0.4, 0.5) is 13.2 Å². The zero-order chi connectivity index (χ0) is 17.5. The van der Waals surface area contributed by atoms with Gasteiger partial charge in [-0.1, -0.05) is 12.1 Å². The molecule has 8 heteroatoms. The van der Waals surface area contributed by atoms with E-state index in [0.29, 0.717) is 28.5 Å². The minimum atomic E-state index is -4.43. The van der Waals surface area contributed by atoms with Gasteiger partial charge in [0, 0.05) is 19.1 Å². The molecule has 1 aliphatic heterocycles. The highest BCUT2D eigenvalue weighted by Crippen LogP contribution is 2.36. The monoisotopic (exact) mass is 355 g/mol. The number of carbonyl (C=O) groups excluding carboxylic acids is 1.